The Balaban J connectivity index is 1.76. The summed E-state index contributed by atoms with van der Waals surface area (Å²) in [5.74, 6) is -0.250. The Morgan fingerprint density at radius 2 is 2.00 bits per heavy atom. The van der Waals surface area contributed by atoms with Crippen molar-refractivity contribution in [1.29, 1.82) is 0 Å². The molecule has 4 aromatic rings. The fraction of sp³-hybridized carbons (Fsp3) is 0.0526. The van der Waals surface area contributed by atoms with Crippen molar-refractivity contribution < 1.29 is 4.79 Å². The van der Waals surface area contributed by atoms with Gasteiger partial charge in [-0.05, 0) is 31.2 Å². The lowest BCUT2D eigenvalue weighted by Gasteiger charge is -2.02. The number of rotatable bonds is 4. The van der Waals surface area contributed by atoms with Crippen LogP contribution >= 0.6 is 11.3 Å². The summed E-state index contributed by atoms with van der Waals surface area (Å²) in [6.07, 6.45) is 5.12. The van der Waals surface area contributed by atoms with Crippen LogP contribution in [0.3, 0.4) is 0 Å². The predicted molar refractivity (Wildman–Crippen MR) is 102 cm³/mol. The average molecular weight is 361 g/mol. The van der Waals surface area contributed by atoms with E-state index in [4.69, 9.17) is 0 Å². The number of carbonyl (C=O) groups is 1. The van der Waals surface area contributed by atoms with Crippen LogP contribution in [0.5, 0.6) is 0 Å². The van der Waals surface area contributed by atoms with E-state index in [9.17, 15) is 4.79 Å². The zero-order chi connectivity index (χ0) is 17.9. The topological polar surface area (TPSA) is 72.7 Å². The highest BCUT2D eigenvalue weighted by Crippen LogP contribution is 2.24. The first-order valence-electron chi connectivity index (χ1n) is 8.00. The van der Waals surface area contributed by atoms with Crippen LogP contribution in [0.1, 0.15) is 16.1 Å². The van der Waals surface area contributed by atoms with Crippen molar-refractivity contribution in [2.75, 3.05) is 5.32 Å². The Bertz CT molecular complexity index is 1040. The van der Waals surface area contributed by atoms with Crippen LogP contribution in [0, 0.1) is 6.92 Å². The maximum Gasteiger partial charge on any atom is 0.261 e. The highest BCUT2D eigenvalue weighted by molar-refractivity contribution is 7.13. The van der Waals surface area contributed by atoms with Gasteiger partial charge in [0.2, 0.25) is 0 Å². The molecule has 3 aromatic heterocycles. The second-order valence-electron chi connectivity index (χ2n) is 5.66. The van der Waals surface area contributed by atoms with Gasteiger partial charge in [0.1, 0.15) is 5.69 Å². The van der Waals surface area contributed by atoms with E-state index in [0.717, 1.165) is 16.9 Å². The molecule has 0 unspecified atom stereocenters. The molecule has 0 saturated heterocycles. The van der Waals surface area contributed by atoms with E-state index in [1.807, 2.05) is 54.8 Å². The second kappa shape index (κ2) is 6.89. The molecule has 7 heteroatoms. The van der Waals surface area contributed by atoms with Gasteiger partial charge in [-0.2, -0.15) is 5.10 Å². The highest BCUT2D eigenvalue weighted by atomic mass is 32.1. The number of hydrogen-bond acceptors (Lipinski definition) is 5. The lowest BCUT2D eigenvalue weighted by molar-refractivity contribution is 0.102. The van der Waals surface area contributed by atoms with Crippen LogP contribution < -0.4 is 5.32 Å². The molecule has 26 heavy (non-hydrogen) atoms. The third kappa shape index (κ3) is 3.25. The Kier molecular flexibility index (Phi) is 4.28. The molecular formula is C19H15N5OS. The van der Waals surface area contributed by atoms with Crippen molar-refractivity contribution in [3.05, 3.63) is 77.7 Å². The number of pyridine rings is 1. The van der Waals surface area contributed by atoms with Gasteiger partial charge < -0.3 is 0 Å². The van der Waals surface area contributed by atoms with Gasteiger partial charge in [-0.3, -0.25) is 15.1 Å². The number of carbonyl (C=O) groups excluding carboxylic acids is 1. The number of para-hydroxylation sites is 1. The van der Waals surface area contributed by atoms with Gasteiger partial charge in [-0.25, -0.2) is 9.67 Å². The SMILES string of the molecule is Cc1csc(NC(=O)c2cn(-c3ccccc3)nc2-c2cccnc2)n1. The third-order valence-corrected chi connectivity index (χ3v) is 4.63. The fourth-order valence-electron chi connectivity index (χ4n) is 2.54. The van der Waals surface area contributed by atoms with Gasteiger partial charge in [0, 0.05) is 29.5 Å². The number of amides is 1. The molecule has 0 bridgehead atoms. The van der Waals surface area contributed by atoms with Crippen molar-refractivity contribution in [2.45, 2.75) is 6.92 Å². The Morgan fingerprint density at radius 1 is 1.15 bits per heavy atom. The van der Waals surface area contributed by atoms with Crippen LogP contribution in [-0.4, -0.2) is 25.7 Å². The van der Waals surface area contributed by atoms with Gasteiger partial charge in [0.15, 0.2) is 5.13 Å². The first kappa shape index (κ1) is 16.2. The smallest absolute Gasteiger partial charge is 0.261 e. The number of nitrogens with one attached hydrogen (secondary N) is 1. The summed E-state index contributed by atoms with van der Waals surface area (Å²) in [5.41, 5.74) is 3.57. The van der Waals surface area contributed by atoms with Crippen molar-refractivity contribution in [3.8, 4) is 16.9 Å². The molecule has 0 fully saturated rings. The second-order valence-corrected chi connectivity index (χ2v) is 6.52. The van der Waals surface area contributed by atoms with Crippen molar-refractivity contribution in [2.24, 2.45) is 0 Å². The quantitative estimate of drug-likeness (QED) is 0.597. The monoisotopic (exact) mass is 361 g/mol. The van der Waals surface area contributed by atoms with Crippen LogP contribution in [0.15, 0.2) is 66.4 Å². The number of nitrogens with zero attached hydrogens (tertiary/aromatic N) is 4. The van der Waals surface area contributed by atoms with Gasteiger partial charge in [0.05, 0.1) is 16.9 Å². The Hall–Kier alpha value is -3.32. The zero-order valence-electron chi connectivity index (χ0n) is 14.0. The molecule has 0 spiro atoms. The zero-order valence-corrected chi connectivity index (χ0v) is 14.8. The molecule has 0 saturated carbocycles. The van der Waals surface area contributed by atoms with Crippen molar-refractivity contribution in [1.82, 2.24) is 19.7 Å². The molecule has 3 heterocycles. The van der Waals surface area contributed by atoms with E-state index in [0.29, 0.717) is 16.4 Å². The van der Waals surface area contributed by atoms with E-state index >= 15 is 0 Å². The molecule has 0 aliphatic carbocycles. The third-order valence-electron chi connectivity index (χ3n) is 3.75. The van der Waals surface area contributed by atoms with Crippen LogP contribution in [-0.2, 0) is 0 Å². The van der Waals surface area contributed by atoms with E-state index in [1.165, 1.54) is 11.3 Å². The minimum atomic E-state index is -0.250. The number of hydrogen-bond donors (Lipinski definition) is 1. The molecule has 6 nitrogen and oxygen atoms in total. The molecule has 1 amide bonds. The number of anilines is 1. The maximum atomic E-state index is 12.8. The van der Waals surface area contributed by atoms with Gasteiger partial charge >= 0.3 is 0 Å². The molecule has 1 N–H and O–H groups in total. The summed E-state index contributed by atoms with van der Waals surface area (Å²) in [7, 11) is 0. The highest BCUT2D eigenvalue weighted by Gasteiger charge is 2.19. The molecule has 0 aliphatic heterocycles. The first-order valence-corrected chi connectivity index (χ1v) is 8.87. The van der Waals surface area contributed by atoms with Gasteiger partial charge in [0.25, 0.3) is 5.91 Å². The summed E-state index contributed by atoms with van der Waals surface area (Å²) < 4.78 is 1.70. The van der Waals surface area contributed by atoms with E-state index in [-0.39, 0.29) is 5.91 Å². The lowest BCUT2D eigenvalue weighted by Crippen LogP contribution is -2.12. The van der Waals surface area contributed by atoms with E-state index in [1.54, 1.807) is 23.3 Å². The molecule has 1 aromatic carbocycles. The summed E-state index contributed by atoms with van der Waals surface area (Å²) in [6, 6.07) is 13.4. The minimum absolute atomic E-state index is 0.250. The normalized spacial score (nSPS) is 10.7. The largest absolute Gasteiger partial charge is 0.298 e. The molecular weight excluding hydrogens is 346 g/mol. The number of thiazole rings is 1. The van der Waals surface area contributed by atoms with Crippen LogP contribution in [0.4, 0.5) is 5.13 Å². The summed E-state index contributed by atoms with van der Waals surface area (Å²) >= 11 is 1.39. The number of benzene rings is 1. The fourth-order valence-corrected chi connectivity index (χ4v) is 3.23. The summed E-state index contributed by atoms with van der Waals surface area (Å²) in [5, 5.41) is 9.93. The van der Waals surface area contributed by atoms with Crippen LogP contribution in [0.25, 0.3) is 16.9 Å². The van der Waals surface area contributed by atoms with Crippen molar-refractivity contribution in [3.63, 3.8) is 0 Å². The summed E-state index contributed by atoms with van der Waals surface area (Å²) in [4.78, 5) is 21.3. The molecule has 0 radical (unpaired) electrons. The van der Waals surface area contributed by atoms with Crippen LogP contribution in [0.2, 0.25) is 0 Å². The van der Waals surface area contributed by atoms with E-state index < -0.39 is 0 Å². The molecule has 0 atom stereocenters. The predicted octanol–water partition coefficient (Wildman–Crippen LogP) is 3.95. The number of aryl methyl sites for hydroxylation is 1. The van der Waals surface area contributed by atoms with Gasteiger partial charge in [-0.1, -0.05) is 18.2 Å². The van der Waals surface area contributed by atoms with Gasteiger partial charge in [-0.15, -0.1) is 11.3 Å². The van der Waals surface area contributed by atoms with E-state index in [2.05, 4.69) is 20.4 Å². The average Bonchev–Trinajstić information content (AvgIpc) is 3.30. The number of aromatic nitrogens is 4. The van der Waals surface area contributed by atoms with Crippen molar-refractivity contribution >= 4 is 22.4 Å². The Labute approximate surface area is 154 Å². The molecule has 128 valence electrons. The first-order chi connectivity index (χ1) is 12.7. The lowest BCUT2D eigenvalue weighted by atomic mass is 10.1. The standard InChI is InChI=1S/C19H15N5OS/c1-13-12-26-19(21-13)22-18(25)16-11-24(15-7-3-2-4-8-15)23-17(16)14-6-5-9-20-10-14/h2-12H,1H3,(H,21,22,25). The minimum Gasteiger partial charge on any atom is -0.298 e. The summed E-state index contributed by atoms with van der Waals surface area (Å²) in [6.45, 7) is 1.89. The maximum absolute atomic E-state index is 12.8. The Morgan fingerprint density at radius 3 is 2.69 bits per heavy atom. The molecule has 0 aliphatic rings. The molecule has 4 rings (SSSR count).